The highest BCUT2D eigenvalue weighted by molar-refractivity contribution is 5.23. The third-order valence-electron chi connectivity index (χ3n) is 3.17. The van der Waals surface area contributed by atoms with Crippen LogP contribution in [0.2, 0.25) is 0 Å². The highest BCUT2D eigenvalue weighted by Crippen LogP contribution is 2.19. The summed E-state index contributed by atoms with van der Waals surface area (Å²) in [6.45, 7) is 9.54. The fraction of sp³-hybridized carbons (Fsp3) is 0.647. The van der Waals surface area contributed by atoms with Crippen molar-refractivity contribution in [1.82, 2.24) is 5.32 Å². The molecule has 0 bridgehead atoms. The molecule has 1 N–H and O–H groups in total. The van der Waals surface area contributed by atoms with Crippen LogP contribution < -0.4 is 5.32 Å². The Morgan fingerprint density at radius 1 is 0.950 bits per heavy atom. The van der Waals surface area contributed by atoms with E-state index in [1.807, 2.05) is 13.8 Å². The van der Waals surface area contributed by atoms with Crippen molar-refractivity contribution in [3.05, 3.63) is 35.4 Å². The molecule has 1 aromatic rings. The molecule has 0 aliphatic heterocycles. The first-order valence-electron chi connectivity index (χ1n) is 7.84. The van der Waals surface area contributed by atoms with Gasteiger partial charge in [-0.3, -0.25) is 0 Å². The molecular weight excluding hydrogens is 250 g/mol. The molecule has 0 fully saturated rings. The molecule has 0 atom stereocenters. The molecule has 114 valence electrons. The lowest BCUT2D eigenvalue weighted by atomic mass is 10.1. The fourth-order valence-corrected chi connectivity index (χ4v) is 2.07. The minimum Gasteiger partial charge on any atom is -0.349 e. The van der Waals surface area contributed by atoms with Crippen LogP contribution in [0.15, 0.2) is 24.3 Å². The van der Waals surface area contributed by atoms with Gasteiger partial charge in [-0.05, 0) is 32.4 Å². The SMILES string of the molecule is CCCCCNCc1ccc(C(OCC)OCC)cc1. The zero-order chi connectivity index (χ0) is 14.6. The summed E-state index contributed by atoms with van der Waals surface area (Å²) in [6, 6.07) is 8.48. The Labute approximate surface area is 123 Å². The van der Waals surface area contributed by atoms with Crippen LogP contribution in [-0.2, 0) is 16.0 Å². The van der Waals surface area contributed by atoms with Crippen molar-refractivity contribution in [3.63, 3.8) is 0 Å². The summed E-state index contributed by atoms with van der Waals surface area (Å²) in [4.78, 5) is 0. The molecule has 0 saturated carbocycles. The third-order valence-corrected chi connectivity index (χ3v) is 3.17. The summed E-state index contributed by atoms with van der Waals surface area (Å²) in [7, 11) is 0. The molecule has 20 heavy (non-hydrogen) atoms. The maximum absolute atomic E-state index is 5.60. The summed E-state index contributed by atoms with van der Waals surface area (Å²) < 4.78 is 11.2. The average Bonchev–Trinajstić information content (AvgIpc) is 2.47. The molecule has 0 amide bonds. The molecule has 1 aromatic carbocycles. The highest BCUT2D eigenvalue weighted by atomic mass is 16.7. The van der Waals surface area contributed by atoms with Crippen molar-refractivity contribution in [2.75, 3.05) is 19.8 Å². The van der Waals surface area contributed by atoms with E-state index in [1.165, 1.54) is 24.8 Å². The van der Waals surface area contributed by atoms with Crippen molar-refractivity contribution < 1.29 is 9.47 Å². The predicted molar refractivity (Wildman–Crippen MR) is 83.7 cm³/mol. The van der Waals surface area contributed by atoms with Crippen molar-refractivity contribution in [1.29, 1.82) is 0 Å². The van der Waals surface area contributed by atoms with Crippen LogP contribution in [0.1, 0.15) is 57.5 Å². The van der Waals surface area contributed by atoms with E-state index in [9.17, 15) is 0 Å². The zero-order valence-corrected chi connectivity index (χ0v) is 13.2. The van der Waals surface area contributed by atoms with Crippen molar-refractivity contribution in [2.45, 2.75) is 52.9 Å². The van der Waals surface area contributed by atoms with Crippen molar-refractivity contribution >= 4 is 0 Å². The van der Waals surface area contributed by atoms with Crippen molar-refractivity contribution in [3.8, 4) is 0 Å². The van der Waals surface area contributed by atoms with Gasteiger partial charge in [0.1, 0.15) is 0 Å². The molecule has 0 unspecified atom stereocenters. The number of hydrogen-bond acceptors (Lipinski definition) is 3. The molecule has 1 rings (SSSR count). The van der Waals surface area contributed by atoms with Gasteiger partial charge < -0.3 is 14.8 Å². The van der Waals surface area contributed by atoms with Gasteiger partial charge in [-0.25, -0.2) is 0 Å². The van der Waals surface area contributed by atoms with Gasteiger partial charge in [0.15, 0.2) is 6.29 Å². The predicted octanol–water partition coefficient (Wildman–Crippen LogP) is 4.04. The Morgan fingerprint density at radius 2 is 1.60 bits per heavy atom. The Kier molecular flexibility index (Phi) is 9.29. The average molecular weight is 279 g/mol. The summed E-state index contributed by atoms with van der Waals surface area (Å²) in [6.07, 6.45) is 3.59. The third kappa shape index (κ3) is 6.51. The number of benzene rings is 1. The van der Waals surface area contributed by atoms with E-state index in [1.54, 1.807) is 0 Å². The van der Waals surface area contributed by atoms with Crippen LogP contribution in [0.4, 0.5) is 0 Å². The highest BCUT2D eigenvalue weighted by Gasteiger charge is 2.10. The van der Waals surface area contributed by atoms with E-state index >= 15 is 0 Å². The van der Waals surface area contributed by atoms with Gasteiger partial charge in [-0.1, -0.05) is 44.0 Å². The minimum absolute atomic E-state index is 0.239. The lowest BCUT2D eigenvalue weighted by molar-refractivity contribution is -0.140. The van der Waals surface area contributed by atoms with Crippen LogP contribution in [0.3, 0.4) is 0 Å². The lowest BCUT2D eigenvalue weighted by Gasteiger charge is -2.17. The number of rotatable bonds is 11. The topological polar surface area (TPSA) is 30.5 Å². The van der Waals surface area contributed by atoms with Gasteiger partial charge in [-0.15, -0.1) is 0 Å². The largest absolute Gasteiger partial charge is 0.349 e. The van der Waals surface area contributed by atoms with Gasteiger partial charge in [0.25, 0.3) is 0 Å². The molecule has 0 aliphatic carbocycles. The van der Waals surface area contributed by atoms with E-state index in [0.29, 0.717) is 13.2 Å². The van der Waals surface area contributed by atoms with Crippen LogP contribution in [0.25, 0.3) is 0 Å². The molecule has 0 saturated heterocycles. The molecule has 0 spiro atoms. The Bertz CT molecular complexity index is 331. The second-order valence-corrected chi connectivity index (χ2v) is 4.87. The van der Waals surface area contributed by atoms with Gasteiger partial charge in [-0.2, -0.15) is 0 Å². The number of hydrogen-bond donors (Lipinski definition) is 1. The van der Waals surface area contributed by atoms with Gasteiger partial charge in [0, 0.05) is 25.3 Å². The number of ether oxygens (including phenoxy) is 2. The maximum Gasteiger partial charge on any atom is 0.183 e. The molecule has 0 aromatic heterocycles. The molecule has 3 nitrogen and oxygen atoms in total. The van der Waals surface area contributed by atoms with Crippen molar-refractivity contribution in [2.24, 2.45) is 0 Å². The Morgan fingerprint density at radius 3 is 2.15 bits per heavy atom. The van der Waals surface area contributed by atoms with Crippen LogP contribution in [0.5, 0.6) is 0 Å². The molecule has 0 aliphatic rings. The van der Waals surface area contributed by atoms with Crippen LogP contribution in [-0.4, -0.2) is 19.8 Å². The second-order valence-electron chi connectivity index (χ2n) is 4.87. The van der Waals surface area contributed by atoms with Gasteiger partial charge >= 0.3 is 0 Å². The molecule has 3 heteroatoms. The Hall–Kier alpha value is -0.900. The lowest BCUT2D eigenvalue weighted by Crippen LogP contribution is -2.14. The van der Waals surface area contributed by atoms with E-state index in [4.69, 9.17) is 9.47 Å². The molecular formula is C17H29NO2. The van der Waals surface area contributed by atoms with E-state index in [0.717, 1.165) is 18.7 Å². The molecule has 0 radical (unpaired) electrons. The minimum atomic E-state index is -0.239. The number of nitrogens with one attached hydrogen (secondary N) is 1. The molecule has 0 heterocycles. The van der Waals surface area contributed by atoms with E-state index < -0.39 is 0 Å². The summed E-state index contributed by atoms with van der Waals surface area (Å²) in [5.74, 6) is 0. The first kappa shape index (κ1) is 17.2. The first-order valence-corrected chi connectivity index (χ1v) is 7.84. The van der Waals surface area contributed by atoms with E-state index in [-0.39, 0.29) is 6.29 Å². The number of unbranched alkanes of at least 4 members (excludes halogenated alkanes) is 2. The maximum atomic E-state index is 5.60. The Balaban J connectivity index is 2.41. The van der Waals surface area contributed by atoms with E-state index in [2.05, 4.69) is 36.5 Å². The standard InChI is InChI=1S/C17H29NO2/c1-4-7-8-13-18-14-15-9-11-16(12-10-15)17(19-5-2)20-6-3/h9-12,17-18H,4-8,13-14H2,1-3H3. The van der Waals surface area contributed by atoms with Crippen LogP contribution >= 0.6 is 0 Å². The van der Waals surface area contributed by atoms with Crippen LogP contribution in [0, 0.1) is 0 Å². The summed E-state index contributed by atoms with van der Waals surface area (Å²) in [5.41, 5.74) is 2.39. The summed E-state index contributed by atoms with van der Waals surface area (Å²) in [5, 5.41) is 3.47. The quantitative estimate of drug-likeness (QED) is 0.490. The summed E-state index contributed by atoms with van der Waals surface area (Å²) >= 11 is 0. The zero-order valence-electron chi connectivity index (χ0n) is 13.2. The monoisotopic (exact) mass is 279 g/mol. The van der Waals surface area contributed by atoms with Gasteiger partial charge in [0.05, 0.1) is 0 Å². The smallest absolute Gasteiger partial charge is 0.183 e. The van der Waals surface area contributed by atoms with Gasteiger partial charge in [0.2, 0.25) is 0 Å². The normalized spacial score (nSPS) is 11.2. The fourth-order valence-electron chi connectivity index (χ4n) is 2.07. The first-order chi connectivity index (χ1) is 9.81. The second kappa shape index (κ2) is 10.8.